The van der Waals surface area contributed by atoms with Gasteiger partial charge in [-0.05, 0) is 25.3 Å². The molecule has 0 N–H and O–H groups in total. The Kier molecular flexibility index (Phi) is 4.94. The van der Waals surface area contributed by atoms with Gasteiger partial charge >= 0.3 is 5.97 Å². The zero-order valence-electron chi connectivity index (χ0n) is 12.5. The lowest BCUT2D eigenvalue weighted by Gasteiger charge is -2.38. The molecule has 2 atom stereocenters. The lowest BCUT2D eigenvalue weighted by atomic mass is 9.63. The third-order valence-corrected chi connectivity index (χ3v) is 4.29. The molecule has 1 aliphatic carbocycles. The van der Waals surface area contributed by atoms with E-state index in [1.807, 2.05) is 30.3 Å². The van der Waals surface area contributed by atoms with Crippen LogP contribution in [-0.4, -0.2) is 18.4 Å². The number of rotatable bonds is 5. The summed E-state index contributed by atoms with van der Waals surface area (Å²) in [5.74, 6) is -0.741. The molecule has 1 fully saturated rings. The van der Waals surface area contributed by atoms with Crippen LogP contribution in [0.1, 0.15) is 44.1 Å². The van der Waals surface area contributed by atoms with Crippen LogP contribution in [0.3, 0.4) is 0 Å². The van der Waals surface area contributed by atoms with Gasteiger partial charge in [0.15, 0.2) is 5.78 Å². The number of ketones is 1. The third-order valence-electron chi connectivity index (χ3n) is 4.29. The molecule has 0 aliphatic heterocycles. The van der Waals surface area contributed by atoms with Gasteiger partial charge in [0.1, 0.15) is 5.41 Å². The fourth-order valence-electron chi connectivity index (χ4n) is 3.27. The smallest absolute Gasteiger partial charge is 0.320 e. The number of carbonyl (C=O) groups is 2. The van der Waals surface area contributed by atoms with Crippen molar-refractivity contribution in [2.75, 3.05) is 6.61 Å². The second-order valence-electron chi connectivity index (χ2n) is 5.45. The van der Waals surface area contributed by atoms with E-state index in [1.54, 1.807) is 13.0 Å². The highest BCUT2D eigenvalue weighted by molar-refractivity contribution is 6.05. The fraction of sp³-hybridized carbons (Fsp3) is 0.444. The summed E-state index contributed by atoms with van der Waals surface area (Å²) < 4.78 is 5.25. The van der Waals surface area contributed by atoms with Crippen molar-refractivity contribution in [2.45, 2.75) is 38.5 Å². The molecule has 0 bridgehead atoms. The molecule has 2 rings (SSSR count). The normalized spacial score (nSPS) is 23.4. The van der Waals surface area contributed by atoms with Crippen molar-refractivity contribution in [3.8, 4) is 0 Å². The van der Waals surface area contributed by atoms with E-state index in [1.165, 1.54) is 0 Å². The van der Waals surface area contributed by atoms with E-state index in [4.69, 9.17) is 4.74 Å². The second-order valence-corrected chi connectivity index (χ2v) is 5.45. The molecule has 1 aromatic rings. The number of ether oxygens (including phenoxy) is 1. The zero-order chi connectivity index (χ0) is 15.3. The maximum Gasteiger partial charge on any atom is 0.320 e. The van der Waals surface area contributed by atoms with Crippen LogP contribution in [0.4, 0.5) is 0 Å². The molecule has 21 heavy (non-hydrogen) atoms. The Morgan fingerprint density at radius 2 is 2.10 bits per heavy atom. The van der Waals surface area contributed by atoms with Gasteiger partial charge in [-0.3, -0.25) is 9.59 Å². The highest BCUT2D eigenvalue weighted by Crippen LogP contribution is 2.46. The number of allylic oxidation sites excluding steroid dienone is 1. The van der Waals surface area contributed by atoms with Crippen molar-refractivity contribution in [1.29, 1.82) is 0 Å². The van der Waals surface area contributed by atoms with Crippen LogP contribution in [0.2, 0.25) is 0 Å². The number of hydrogen-bond donors (Lipinski definition) is 0. The zero-order valence-corrected chi connectivity index (χ0v) is 12.5. The Labute approximate surface area is 126 Å². The molecular weight excluding hydrogens is 264 g/mol. The van der Waals surface area contributed by atoms with Gasteiger partial charge in [-0.25, -0.2) is 0 Å². The van der Waals surface area contributed by atoms with Crippen LogP contribution in [0.25, 0.3) is 0 Å². The standard InChI is InChI=1S/C18H22O3/c1-3-15(14-10-6-5-7-11-14)18(17(20)21-4-2)13-9-8-12-16(18)19/h3,5-7,10-11,15H,1,4,8-9,12-13H2,2H3/t15?,18-/m1/s1. The molecule has 0 radical (unpaired) electrons. The Balaban J connectivity index is 2.49. The predicted octanol–water partition coefficient (Wildman–Crippen LogP) is 3.65. The highest BCUT2D eigenvalue weighted by Gasteiger charge is 2.53. The van der Waals surface area contributed by atoms with Crippen molar-refractivity contribution >= 4 is 11.8 Å². The number of benzene rings is 1. The number of hydrogen-bond acceptors (Lipinski definition) is 3. The Hall–Kier alpha value is -1.90. The molecular formula is C18H22O3. The van der Waals surface area contributed by atoms with E-state index < -0.39 is 11.4 Å². The first-order chi connectivity index (χ1) is 10.2. The molecule has 0 saturated heterocycles. The van der Waals surface area contributed by atoms with Crippen molar-refractivity contribution in [3.63, 3.8) is 0 Å². The van der Waals surface area contributed by atoms with Crippen molar-refractivity contribution in [3.05, 3.63) is 48.6 Å². The summed E-state index contributed by atoms with van der Waals surface area (Å²) in [6, 6.07) is 9.63. The van der Waals surface area contributed by atoms with E-state index in [0.717, 1.165) is 18.4 Å². The summed E-state index contributed by atoms with van der Waals surface area (Å²) in [6.07, 6.45) is 4.40. The Bertz CT molecular complexity index is 521. The summed E-state index contributed by atoms with van der Waals surface area (Å²) >= 11 is 0. The Morgan fingerprint density at radius 3 is 2.67 bits per heavy atom. The first kappa shape index (κ1) is 15.5. The van der Waals surface area contributed by atoms with Crippen LogP contribution in [0.15, 0.2) is 43.0 Å². The van der Waals surface area contributed by atoms with Crippen molar-refractivity contribution in [1.82, 2.24) is 0 Å². The summed E-state index contributed by atoms with van der Waals surface area (Å²) in [7, 11) is 0. The molecule has 3 nitrogen and oxygen atoms in total. The molecule has 0 heterocycles. The average Bonchev–Trinajstić information content (AvgIpc) is 2.51. The molecule has 0 spiro atoms. The monoisotopic (exact) mass is 286 g/mol. The van der Waals surface area contributed by atoms with Gasteiger partial charge < -0.3 is 4.74 Å². The van der Waals surface area contributed by atoms with Gasteiger partial charge in [-0.1, -0.05) is 42.8 Å². The van der Waals surface area contributed by atoms with Crippen molar-refractivity contribution < 1.29 is 14.3 Å². The minimum absolute atomic E-state index is 0.0130. The topological polar surface area (TPSA) is 43.4 Å². The lowest BCUT2D eigenvalue weighted by Crippen LogP contribution is -2.47. The van der Waals surface area contributed by atoms with Gasteiger partial charge in [-0.2, -0.15) is 0 Å². The third kappa shape index (κ3) is 2.78. The van der Waals surface area contributed by atoms with Crippen LogP contribution in [-0.2, 0) is 14.3 Å². The maximum atomic E-state index is 12.7. The highest BCUT2D eigenvalue weighted by atomic mass is 16.5. The number of esters is 1. The molecule has 112 valence electrons. The van der Waals surface area contributed by atoms with Crippen LogP contribution in [0, 0.1) is 5.41 Å². The summed E-state index contributed by atoms with van der Waals surface area (Å²) in [6.45, 7) is 5.93. The molecule has 1 aromatic carbocycles. The summed E-state index contributed by atoms with van der Waals surface area (Å²) in [5, 5.41) is 0. The molecule has 3 heteroatoms. The lowest BCUT2D eigenvalue weighted by molar-refractivity contribution is -0.163. The minimum Gasteiger partial charge on any atom is -0.465 e. The van der Waals surface area contributed by atoms with E-state index in [2.05, 4.69) is 6.58 Å². The summed E-state index contributed by atoms with van der Waals surface area (Å²) in [4.78, 5) is 25.3. The van der Waals surface area contributed by atoms with Gasteiger partial charge in [-0.15, -0.1) is 6.58 Å². The SMILES string of the molecule is C=CC(c1ccccc1)[C@]1(C(=O)OCC)CCCCC1=O. The van der Waals surface area contributed by atoms with Gasteiger partial charge in [0, 0.05) is 12.3 Å². The first-order valence-electron chi connectivity index (χ1n) is 7.54. The maximum absolute atomic E-state index is 12.7. The molecule has 1 aliphatic rings. The van der Waals surface area contributed by atoms with Crippen LogP contribution in [0.5, 0.6) is 0 Å². The molecule has 0 amide bonds. The Morgan fingerprint density at radius 1 is 1.38 bits per heavy atom. The van der Waals surface area contributed by atoms with Crippen LogP contribution < -0.4 is 0 Å². The quantitative estimate of drug-likeness (QED) is 0.471. The van der Waals surface area contributed by atoms with E-state index >= 15 is 0 Å². The molecule has 1 unspecified atom stereocenters. The molecule has 0 aromatic heterocycles. The van der Waals surface area contributed by atoms with E-state index in [-0.39, 0.29) is 18.3 Å². The van der Waals surface area contributed by atoms with Gasteiger partial charge in [0.25, 0.3) is 0 Å². The minimum atomic E-state index is -1.10. The predicted molar refractivity (Wildman–Crippen MR) is 81.9 cm³/mol. The summed E-state index contributed by atoms with van der Waals surface area (Å²) in [5.41, 5.74) is -0.159. The van der Waals surface area contributed by atoms with E-state index in [9.17, 15) is 9.59 Å². The fourth-order valence-corrected chi connectivity index (χ4v) is 3.27. The molecule has 1 saturated carbocycles. The van der Waals surface area contributed by atoms with Gasteiger partial charge in [0.05, 0.1) is 6.61 Å². The van der Waals surface area contributed by atoms with E-state index in [0.29, 0.717) is 12.8 Å². The number of Topliss-reactive ketones (excluding diaryl/α,β-unsaturated/α-hetero) is 1. The largest absolute Gasteiger partial charge is 0.465 e. The van der Waals surface area contributed by atoms with Gasteiger partial charge in [0.2, 0.25) is 0 Å². The van der Waals surface area contributed by atoms with Crippen molar-refractivity contribution in [2.24, 2.45) is 5.41 Å². The average molecular weight is 286 g/mol. The first-order valence-corrected chi connectivity index (χ1v) is 7.54. The second kappa shape index (κ2) is 6.70. The van der Waals surface area contributed by atoms with Crippen LogP contribution >= 0.6 is 0 Å². The number of carbonyl (C=O) groups excluding carboxylic acids is 2.